The van der Waals surface area contributed by atoms with Crippen LogP contribution in [0.15, 0.2) is 259 Å². The van der Waals surface area contributed by atoms with Gasteiger partial charge in [-0.3, -0.25) is 0 Å². The van der Waals surface area contributed by atoms with E-state index in [1.807, 2.05) is 6.07 Å². The van der Waals surface area contributed by atoms with Gasteiger partial charge in [-0.25, -0.2) is 0 Å². The van der Waals surface area contributed by atoms with E-state index in [0.717, 1.165) is 66.9 Å². The van der Waals surface area contributed by atoms with Crippen LogP contribution in [0.25, 0.3) is 105 Å². The number of para-hydroxylation sites is 3. The third kappa shape index (κ3) is 6.59. The Balaban J connectivity index is 0.898. The second-order valence-electron chi connectivity index (χ2n) is 17.3. The van der Waals surface area contributed by atoms with Gasteiger partial charge in [-0.15, -0.1) is 0 Å². The lowest BCUT2D eigenvalue weighted by Gasteiger charge is -2.26. The minimum Gasteiger partial charge on any atom is -0.455 e. The Kier molecular flexibility index (Phi) is 9.17. The van der Waals surface area contributed by atoms with Crippen molar-refractivity contribution in [3.63, 3.8) is 0 Å². The van der Waals surface area contributed by atoms with Crippen molar-refractivity contribution >= 4 is 71.6 Å². The molecule has 0 radical (unpaired) electrons. The lowest BCUT2D eigenvalue weighted by molar-refractivity contribution is 0.670. The molecule has 2 heterocycles. The van der Waals surface area contributed by atoms with E-state index in [1.165, 1.54) is 54.8 Å². The summed E-state index contributed by atoms with van der Waals surface area (Å²) in [6.07, 6.45) is 0. The molecule has 0 spiro atoms. The van der Waals surface area contributed by atoms with Gasteiger partial charge in [-0.2, -0.15) is 0 Å². The molecule has 0 aliphatic carbocycles. The molecule has 0 amide bonds. The molecule has 0 bridgehead atoms. The van der Waals surface area contributed by atoms with Crippen molar-refractivity contribution < 1.29 is 4.42 Å². The van der Waals surface area contributed by atoms with Gasteiger partial charge >= 0.3 is 0 Å². The molecule has 0 fully saturated rings. The van der Waals surface area contributed by atoms with Crippen LogP contribution in [0.4, 0.5) is 17.1 Å². The summed E-state index contributed by atoms with van der Waals surface area (Å²) in [5.41, 5.74) is 17.9. The number of furan rings is 1. The largest absolute Gasteiger partial charge is 0.455 e. The van der Waals surface area contributed by atoms with Crippen molar-refractivity contribution in [3.05, 3.63) is 255 Å². The van der Waals surface area contributed by atoms with Gasteiger partial charge in [0.2, 0.25) is 0 Å². The number of hydrogen-bond donors (Lipinski definition) is 0. The van der Waals surface area contributed by atoms with E-state index in [1.54, 1.807) is 0 Å². The summed E-state index contributed by atoms with van der Waals surface area (Å²) < 4.78 is 8.91. The minimum absolute atomic E-state index is 0.888. The quantitative estimate of drug-likeness (QED) is 0.152. The number of anilines is 3. The monoisotopic (exact) mass is 854 g/mol. The van der Waals surface area contributed by atoms with Gasteiger partial charge in [0, 0.05) is 49.9 Å². The standard InChI is InChI=1S/C64H42N2O/c1-3-14-45(15-4-1)56-24-12-25-57-59-42-48(34-41-62(59)67-64(56)57)43-28-35-50(36-29-43)65(51-37-30-46(31-38-51)54-22-11-17-44-16-7-8-20-53(44)54)52-39-32-47(33-40-52)55-23-13-27-61-63(55)58-21-9-10-26-60(58)66(61)49-18-5-2-6-19-49/h1-42H. The summed E-state index contributed by atoms with van der Waals surface area (Å²) >= 11 is 0. The highest BCUT2D eigenvalue weighted by Gasteiger charge is 2.19. The molecule has 2 aromatic heterocycles. The Morgan fingerprint density at radius 1 is 0.313 bits per heavy atom. The highest BCUT2D eigenvalue weighted by molar-refractivity contribution is 6.16. The van der Waals surface area contributed by atoms with E-state index in [9.17, 15) is 0 Å². The van der Waals surface area contributed by atoms with E-state index < -0.39 is 0 Å². The van der Waals surface area contributed by atoms with E-state index in [0.29, 0.717) is 0 Å². The van der Waals surface area contributed by atoms with Crippen molar-refractivity contribution in [2.45, 2.75) is 0 Å². The van der Waals surface area contributed by atoms with E-state index in [-0.39, 0.29) is 0 Å². The first-order valence-corrected chi connectivity index (χ1v) is 22.9. The molecule has 0 N–H and O–H groups in total. The maximum Gasteiger partial charge on any atom is 0.143 e. The molecular formula is C64H42N2O. The summed E-state index contributed by atoms with van der Waals surface area (Å²) in [7, 11) is 0. The normalized spacial score (nSPS) is 11.6. The van der Waals surface area contributed by atoms with Crippen LogP contribution in [0.1, 0.15) is 0 Å². The summed E-state index contributed by atoms with van der Waals surface area (Å²) in [6, 6.07) is 91.8. The van der Waals surface area contributed by atoms with Gasteiger partial charge in [0.15, 0.2) is 0 Å². The molecular weight excluding hydrogens is 813 g/mol. The molecule has 13 aromatic rings. The van der Waals surface area contributed by atoms with Crippen LogP contribution in [0, 0.1) is 0 Å². The zero-order chi connectivity index (χ0) is 44.3. The molecule has 0 aliphatic rings. The molecule has 3 nitrogen and oxygen atoms in total. The summed E-state index contributed by atoms with van der Waals surface area (Å²) in [4.78, 5) is 2.36. The van der Waals surface area contributed by atoms with Gasteiger partial charge in [-0.1, -0.05) is 182 Å². The zero-order valence-corrected chi connectivity index (χ0v) is 36.6. The highest BCUT2D eigenvalue weighted by Crippen LogP contribution is 2.43. The molecule has 0 saturated heterocycles. The fourth-order valence-electron chi connectivity index (χ4n) is 10.2. The molecule has 0 unspecified atom stereocenters. The Labute approximate surface area is 388 Å². The average Bonchev–Trinajstić information content (AvgIpc) is 3.96. The van der Waals surface area contributed by atoms with E-state index in [4.69, 9.17) is 4.42 Å². The number of fused-ring (bicyclic) bond motifs is 7. The molecule has 3 heteroatoms. The van der Waals surface area contributed by atoms with Gasteiger partial charge in [0.25, 0.3) is 0 Å². The van der Waals surface area contributed by atoms with Crippen molar-refractivity contribution in [1.29, 1.82) is 0 Å². The second-order valence-corrected chi connectivity index (χ2v) is 17.3. The Morgan fingerprint density at radius 2 is 0.821 bits per heavy atom. The zero-order valence-electron chi connectivity index (χ0n) is 36.6. The molecule has 314 valence electrons. The maximum absolute atomic E-state index is 6.52. The Morgan fingerprint density at radius 3 is 1.57 bits per heavy atom. The first kappa shape index (κ1) is 38.5. The number of benzene rings is 11. The molecule has 0 saturated carbocycles. The fourth-order valence-corrected chi connectivity index (χ4v) is 10.2. The topological polar surface area (TPSA) is 21.3 Å². The summed E-state index contributed by atoms with van der Waals surface area (Å²) in [5.74, 6) is 0. The predicted octanol–water partition coefficient (Wildman–Crippen LogP) is 18.0. The van der Waals surface area contributed by atoms with Crippen molar-refractivity contribution in [2.75, 3.05) is 4.90 Å². The van der Waals surface area contributed by atoms with Crippen molar-refractivity contribution in [1.82, 2.24) is 4.57 Å². The van der Waals surface area contributed by atoms with Crippen LogP contribution in [0.3, 0.4) is 0 Å². The Hall–Kier alpha value is -8.92. The van der Waals surface area contributed by atoms with Gasteiger partial charge in [0.05, 0.1) is 11.0 Å². The van der Waals surface area contributed by atoms with Crippen LogP contribution in [0.5, 0.6) is 0 Å². The van der Waals surface area contributed by atoms with E-state index in [2.05, 4.69) is 258 Å². The average molecular weight is 855 g/mol. The lowest BCUT2D eigenvalue weighted by Crippen LogP contribution is -2.09. The number of aromatic nitrogens is 1. The molecule has 13 rings (SSSR count). The number of nitrogens with zero attached hydrogens (tertiary/aromatic N) is 2. The van der Waals surface area contributed by atoms with Crippen LogP contribution in [-0.2, 0) is 0 Å². The van der Waals surface area contributed by atoms with Gasteiger partial charge in [-0.05, 0) is 123 Å². The lowest BCUT2D eigenvalue weighted by atomic mass is 9.97. The second kappa shape index (κ2) is 16.0. The third-order valence-electron chi connectivity index (χ3n) is 13.4. The van der Waals surface area contributed by atoms with Crippen molar-refractivity contribution in [3.8, 4) is 50.2 Å². The minimum atomic E-state index is 0.888. The molecule has 67 heavy (non-hydrogen) atoms. The fraction of sp³-hybridized carbons (Fsp3) is 0. The van der Waals surface area contributed by atoms with Crippen molar-refractivity contribution in [2.24, 2.45) is 0 Å². The third-order valence-corrected chi connectivity index (χ3v) is 13.4. The predicted molar refractivity (Wildman–Crippen MR) is 282 cm³/mol. The van der Waals surface area contributed by atoms with Crippen LogP contribution < -0.4 is 4.90 Å². The first-order valence-electron chi connectivity index (χ1n) is 22.9. The number of hydrogen-bond acceptors (Lipinski definition) is 2. The van der Waals surface area contributed by atoms with Gasteiger partial charge in [0.1, 0.15) is 11.2 Å². The number of rotatable bonds is 8. The van der Waals surface area contributed by atoms with Crippen LogP contribution in [-0.4, -0.2) is 4.57 Å². The summed E-state index contributed by atoms with van der Waals surface area (Å²) in [6.45, 7) is 0. The molecule has 0 aliphatic heterocycles. The van der Waals surface area contributed by atoms with E-state index >= 15 is 0 Å². The molecule has 0 atom stereocenters. The SMILES string of the molecule is c1ccc(-c2cccc3c2oc2ccc(-c4ccc(N(c5ccc(-c6cccc7ccccc67)cc5)c5ccc(-c6cccc7c6c6ccccc6n7-c6ccccc6)cc5)cc4)cc23)cc1. The highest BCUT2D eigenvalue weighted by atomic mass is 16.3. The smallest absolute Gasteiger partial charge is 0.143 e. The van der Waals surface area contributed by atoms with Crippen LogP contribution >= 0.6 is 0 Å². The summed E-state index contributed by atoms with van der Waals surface area (Å²) in [5, 5.41) is 7.22. The first-order chi connectivity index (χ1) is 33.2. The Bertz CT molecular complexity index is 3940. The maximum atomic E-state index is 6.52. The van der Waals surface area contributed by atoms with Gasteiger partial charge < -0.3 is 13.9 Å². The van der Waals surface area contributed by atoms with Crippen LogP contribution in [0.2, 0.25) is 0 Å². The molecule has 11 aromatic carbocycles.